The summed E-state index contributed by atoms with van der Waals surface area (Å²) in [4.78, 5) is 16.3. The average Bonchev–Trinajstić information content (AvgIpc) is 2.99. The van der Waals surface area contributed by atoms with Gasteiger partial charge in [0.05, 0.1) is 0 Å². The second-order valence-electron chi connectivity index (χ2n) is 4.95. The Kier molecular flexibility index (Phi) is 4.14. The Morgan fingerprint density at radius 3 is 2.26 bits per heavy atom. The molecule has 0 fully saturated rings. The van der Waals surface area contributed by atoms with Gasteiger partial charge in [-0.05, 0) is 48.5 Å². The van der Waals surface area contributed by atoms with E-state index in [-0.39, 0.29) is 11.6 Å². The average molecular weight is 311 g/mol. The van der Waals surface area contributed by atoms with E-state index in [1.807, 2.05) is 0 Å². The molecule has 0 atom stereocenters. The molecule has 2 aromatic carbocycles. The van der Waals surface area contributed by atoms with Crippen LogP contribution < -0.4 is 4.74 Å². The normalized spacial score (nSPS) is 10.5. The highest BCUT2D eigenvalue weighted by Gasteiger charge is 2.09. The molecule has 23 heavy (non-hydrogen) atoms. The summed E-state index contributed by atoms with van der Waals surface area (Å²) in [6, 6.07) is 12.3. The molecule has 3 rings (SSSR count). The summed E-state index contributed by atoms with van der Waals surface area (Å²) in [5, 5.41) is 3.96. The molecule has 0 N–H and O–H groups in total. The highest BCUT2D eigenvalue weighted by molar-refractivity contribution is 6.08. The Balaban J connectivity index is 1.68. The lowest BCUT2D eigenvalue weighted by molar-refractivity contribution is 0.103. The van der Waals surface area contributed by atoms with Crippen LogP contribution >= 0.6 is 0 Å². The third-order valence-corrected chi connectivity index (χ3v) is 3.40. The van der Waals surface area contributed by atoms with E-state index in [0.717, 1.165) is 0 Å². The summed E-state index contributed by atoms with van der Waals surface area (Å²) >= 11 is 0. The zero-order chi connectivity index (χ0) is 16.2. The van der Waals surface area contributed by atoms with Gasteiger partial charge < -0.3 is 4.74 Å². The first-order valence-electron chi connectivity index (χ1n) is 6.99. The maximum Gasteiger partial charge on any atom is 0.193 e. The predicted octanol–water partition coefficient (Wildman–Crippen LogP) is 2.76. The van der Waals surface area contributed by atoms with E-state index in [1.54, 1.807) is 36.0 Å². The zero-order valence-corrected chi connectivity index (χ0v) is 12.4. The number of ketones is 1. The van der Waals surface area contributed by atoms with Crippen molar-refractivity contribution in [1.82, 2.24) is 14.8 Å². The van der Waals surface area contributed by atoms with Crippen LogP contribution in [0.25, 0.3) is 0 Å². The molecule has 0 saturated heterocycles. The van der Waals surface area contributed by atoms with Gasteiger partial charge in [-0.3, -0.25) is 9.48 Å². The third kappa shape index (κ3) is 3.42. The van der Waals surface area contributed by atoms with Gasteiger partial charge in [0.25, 0.3) is 0 Å². The number of hydrogen-bond donors (Lipinski definition) is 0. The standard InChI is InChI=1S/C17H14FN3O2/c1-21-16(19-11-20-21)10-23-15-8-4-13(5-9-15)17(22)12-2-6-14(18)7-3-12/h2-9,11H,10H2,1H3. The van der Waals surface area contributed by atoms with Crippen LogP contribution in [-0.4, -0.2) is 20.5 Å². The van der Waals surface area contributed by atoms with Gasteiger partial charge >= 0.3 is 0 Å². The monoisotopic (exact) mass is 311 g/mol. The molecule has 0 amide bonds. The third-order valence-electron chi connectivity index (χ3n) is 3.40. The summed E-state index contributed by atoms with van der Waals surface area (Å²) in [6.45, 7) is 0.293. The number of aryl methyl sites for hydroxylation is 1. The quantitative estimate of drug-likeness (QED) is 0.680. The van der Waals surface area contributed by atoms with E-state index in [2.05, 4.69) is 10.1 Å². The van der Waals surface area contributed by atoms with Crippen LogP contribution in [0.3, 0.4) is 0 Å². The SMILES string of the molecule is Cn1ncnc1COc1ccc(C(=O)c2ccc(F)cc2)cc1. The lowest BCUT2D eigenvalue weighted by atomic mass is 10.0. The second-order valence-corrected chi connectivity index (χ2v) is 4.95. The number of benzene rings is 2. The lowest BCUT2D eigenvalue weighted by Crippen LogP contribution is -2.05. The summed E-state index contributed by atoms with van der Waals surface area (Å²) < 4.78 is 20.1. The number of carbonyl (C=O) groups excluding carboxylic acids is 1. The van der Waals surface area contributed by atoms with Crippen molar-refractivity contribution in [3.63, 3.8) is 0 Å². The van der Waals surface area contributed by atoms with Crippen LogP contribution in [-0.2, 0) is 13.7 Å². The summed E-state index contributed by atoms with van der Waals surface area (Å²) in [6.07, 6.45) is 1.46. The van der Waals surface area contributed by atoms with Crippen molar-refractivity contribution in [3.05, 3.63) is 77.6 Å². The number of hydrogen-bond acceptors (Lipinski definition) is 4. The molecule has 116 valence electrons. The van der Waals surface area contributed by atoms with Crippen molar-refractivity contribution in [3.8, 4) is 5.75 Å². The first kappa shape index (κ1) is 14.9. The highest BCUT2D eigenvalue weighted by atomic mass is 19.1. The number of nitrogens with zero attached hydrogens (tertiary/aromatic N) is 3. The fraction of sp³-hybridized carbons (Fsp3) is 0.118. The van der Waals surface area contributed by atoms with Gasteiger partial charge in [-0.2, -0.15) is 5.10 Å². The van der Waals surface area contributed by atoms with Crippen LogP contribution in [0.15, 0.2) is 54.9 Å². The van der Waals surface area contributed by atoms with Crippen LogP contribution in [0, 0.1) is 5.82 Å². The Bertz CT molecular complexity index is 811. The molecular weight excluding hydrogens is 297 g/mol. The lowest BCUT2D eigenvalue weighted by Gasteiger charge is -2.06. The van der Waals surface area contributed by atoms with Gasteiger partial charge in [0, 0.05) is 18.2 Å². The maximum absolute atomic E-state index is 12.9. The number of carbonyl (C=O) groups is 1. The van der Waals surface area contributed by atoms with Gasteiger partial charge in [0.1, 0.15) is 24.5 Å². The van der Waals surface area contributed by atoms with Gasteiger partial charge in [0.2, 0.25) is 0 Å². The zero-order valence-electron chi connectivity index (χ0n) is 12.4. The molecule has 0 aliphatic rings. The van der Waals surface area contributed by atoms with Crippen LogP contribution in [0.1, 0.15) is 21.7 Å². The summed E-state index contributed by atoms with van der Waals surface area (Å²) in [5.74, 6) is 0.805. The molecule has 0 saturated carbocycles. The number of rotatable bonds is 5. The largest absolute Gasteiger partial charge is 0.486 e. The Morgan fingerprint density at radius 2 is 1.70 bits per heavy atom. The van der Waals surface area contributed by atoms with Crippen molar-refractivity contribution < 1.29 is 13.9 Å². The van der Waals surface area contributed by atoms with E-state index in [4.69, 9.17) is 4.74 Å². The molecule has 0 radical (unpaired) electrons. The van der Waals surface area contributed by atoms with E-state index in [1.165, 1.54) is 30.6 Å². The molecule has 0 aliphatic heterocycles. The smallest absolute Gasteiger partial charge is 0.193 e. The minimum Gasteiger partial charge on any atom is -0.486 e. The van der Waals surface area contributed by atoms with E-state index >= 15 is 0 Å². The van der Waals surface area contributed by atoms with Gasteiger partial charge in [-0.15, -0.1) is 0 Å². The van der Waals surface area contributed by atoms with Crippen molar-refractivity contribution >= 4 is 5.78 Å². The van der Waals surface area contributed by atoms with Crippen LogP contribution in [0.5, 0.6) is 5.75 Å². The molecule has 1 aromatic heterocycles. The molecule has 0 unspecified atom stereocenters. The van der Waals surface area contributed by atoms with Crippen molar-refractivity contribution in [2.24, 2.45) is 7.05 Å². The molecule has 0 aliphatic carbocycles. The minimum absolute atomic E-state index is 0.162. The first-order valence-corrected chi connectivity index (χ1v) is 6.99. The predicted molar refractivity (Wildman–Crippen MR) is 81.6 cm³/mol. The maximum atomic E-state index is 12.9. The summed E-state index contributed by atoms with van der Waals surface area (Å²) in [7, 11) is 1.79. The van der Waals surface area contributed by atoms with Gasteiger partial charge in [-0.25, -0.2) is 9.37 Å². The molecule has 6 heteroatoms. The molecule has 0 spiro atoms. The van der Waals surface area contributed by atoms with E-state index in [9.17, 15) is 9.18 Å². The number of halogens is 1. The van der Waals surface area contributed by atoms with Crippen LogP contribution in [0.4, 0.5) is 4.39 Å². The second kappa shape index (κ2) is 6.39. The van der Waals surface area contributed by atoms with Crippen molar-refractivity contribution in [1.29, 1.82) is 0 Å². The number of aromatic nitrogens is 3. The van der Waals surface area contributed by atoms with Crippen LogP contribution in [0.2, 0.25) is 0 Å². The Labute approximate surface area is 132 Å². The summed E-state index contributed by atoms with van der Waals surface area (Å²) in [5.41, 5.74) is 0.960. The molecule has 0 bridgehead atoms. The fourth-order valence-corrected chi connectivity index (χ4v) is 2.07. The highest BCUT2D eigenvalue weighted by Crippen LogP contribution is 2.16. The van der Waals surface area contributed by atoms with Gasteiger partial charge in [0.15, 0.2) is 11.6 Å². The van der Waals surface area contributed by atoms with E-state index in [0.29, 0.717) is 29.3 Å². The van der Waals surface area contributed by atoms with Crippen molar-refractivity contribution in [2.75, 3.05) is 0 Å². The topological polar surface area (TPSA) is 57.0 Å². The number of ether oxygens (including phenoxy) is 1. The molecule has 1 heterocycles. The minimum atomic E-state index is -0.367. The first-order chi connectivity index (χ1) is 11.1. The fourth-order valence-electron chi connectivity index (χ4n) is 2.07. The Hall–Kier alpha value is -3.02. The van der Waals surface area contributed by atoms with Gasteiger partial charge in [-0.1, -0.05) is 0 Å². The molecule has 5 nitrogen and oxygen atoms in total. The Morgan fingerprint density at radius 1 is 1.09 bits per heavy atom. The van der Waals surface area contributed by atoms with E-state index < -0.39 is 0 Å². The molecule has 3 aromatic rings. The van der Waals surface area contributed by atoms with Crippen molar-refractivity contribution in [2.45, 2.75) is 6.61 Å². The molecular formula is C17H14FN3O2.